The normalized spacial score (nSPS) is 12.7. The average molecular weight is 217 g/mol. The highest BCUT2D eigenvalue weighted by molar-refractivity contribution is 5.41. The van der Waals surface area contributed by atoms with E-state index in [9.17, 15) is 5.11 Å². The Bertz CT molecular complexity index is 479. The van der Waals surface area contributed by atoms with Gasteiger partial charge in [-0.25, -0.2) is 4.98 Å². The fourth-order valence-corrected chi connectivity index (χ4v) is 1.71. The summed E-state index contributed by atoms with van der Waals surface area (Å²) in [6.07, 6.45) is 2.66. The Balaban J connectivity index is 2.49. The summed E-state index contributed by atoms with van der Waals surface area (Å²) in [5, 5.41) is 9.77. The molecule has 0 saturated heterocycles. The van der Waals surface area contributed by atoms with Gasteiger partial charge < -0.3 is 15.4 Å². The van der Waals surface area contributed by atoms with E-state index in [2.05, 4.69) is 4.98 Å². The summed E-state index contributed by atoms with van der Waals surface area (Å²) < 4.78 is 1.87. The zero-order chi connectivity index (χ0) is 11.5. The molecule has 0 bridgehead atoms. The highest BCUT2D eigenvalue weighted by atomic mass is 16.3. The molecule has 0 amide bonds. The Kier molecular flexibility index (Phi) is 3.03. The molecular weight excluding hydrogens is 202 g/mol. The predicted molar refractivity (Wildman–Crippen MR) is 62.3 cm³/mol. The van der Waals surface area contributed by atoms with Crippen molar-refractivity contribution in [3.05, 3.63) is 48.0 Å². The van der Waals surface area contributed by atoms with Crippen LogP contribution in [0.4, 0.5) is 0 Å². The van der Waals surface area contributed by atoms with Gasteiger partial charge in [-0.2, -0.15) is 0 Å². The molecule has 0 aliphatic carbocycles. The van der Waals surface area contributed by atoms with Gasteiger partial charge in [0.15, 0.2) is 0 Å². The summed E-state index contributed by atoms with van der Waals surface area (Å²) in [5.74, 6) is 0. The lowest BCUT2D eigenvalue weighted by molar-refractivity contribution is 0.180. The van der Waals surface area contributed by atoms with Crippen molar-refractivity contribution < 1.29 is 5.11 Å². The second-order valence-corrected chi connectivity index (χ2v) is 3.73. The van der Waals surface area contributed by atoms with Gasteiger partial charge in [0.05, 0.1) is 18.2 Å². The Hall–Kier alpha value is -1.65. The van der Waals surface area contributed by atoms with Crippen LogP contribution in [-0.4, -0.2) is 21.2 Å². The molecule has 0 spiro atoms. The van der Waals surface area contributed by atoms with Gasteiger partial charge in [-0.1, -0.05) is 18.2 Å². The maximum Gasteiger partial charge on any atom is 0.108 e. The van der Waals surface area contributed by atoms with Crippen molar-refractivity contribution in [1.82, 2.24) is 9.55 Å². The highest BCUT2D eigenvalue weighted by Gasteiger charge is 2.12. The third kappa shape index (κ3) is 1.85. The molecule has 1 unspecified atom stereocenters. The third-order valence-corrected chi connectivity index (χ3v) is 2.61. The van der Waals surface area contributed by atoms with Crippen molar-refractivity contribution in [1.29, 1.82) is 0 Å². The van der Waals surface area contributed by atoms with E-state index in [1.165, 1.54) is 0 Å². The number of aliphatic hydroxyl groups is 1. The number of aryl methyl sites for hydroxylation is 1. The first-order chi connectivity index (χ1) is 7.74. The molecule has 4 nitrogen and oxygen atoms in total. The van der Waals surface area contributed by atoms with Crippen molar-refractivity contribution in [3.8, 4) is 5.69 Å². The van der Waals surface area contributed by atoms with Crippen LogP contribution in [-0.2, 0) is 0 Å². The van der Waals surface area contributed by atoms with Crippen molar-refractivity contribution in [3.63, 3.8) is 0 Å². The van der Waals surface area contributed by atoms with Gasteiger partial charge in [0, 0.05) is 12.2 Å². The first-order valence-corrected chi connectivity index (χ1v) is 5.20. The Labute approximate surface area is 94.4 Å². The summed E-state index contributed by atoms with van der Waals surface area (Å²) in [4.78, 5) is 4.06. The van der Waals surface area contributed by atoms with Crippen LogP contribution in [0.3, 0.4) is 0 Å². The molecule has 0 saturated carbocycles. The van der Waals surface area contributed by atoms with Crippen molar-refractivity contribution in [2.75, 3.05) is 6.54 Å². The molecule has 0 radical (unpaired) electrons. The number of nitrogens with two attached hydrogens (primary N) is 1. The number of aliphatic hydroxyl groups excluding tert-OH is 1. The van der Waals surface area contributed by atoms with Gasteiger partial charge in [-0.15, -0.1) is 0 Å². The summed E-state index contributed by atoms with van der Waals surface area (Å²) in [7, 11) is 0. The number of benzene rings is 1. The van der Waals surface area contributed by atoms with E-state index >= 15 is 0 Å². The number of hydrogen-bond donors (Lipinski definition) is 2. The van der Waals surface area contributed by atoms with E-state index in [0.29, 0.717) is 0 Å². The summed E-state index contributed by atoms with van der Waals surface area (Å²) >= 11 is 0. The van der Waals surface area contributed by atoms with Gasteiger partial charge in [0.1, 0.15) is 6.10 Å². The van der Waals surface area contributed by atoms with Crippen LogP contribution in [0.2, 0.25) is 0 Å². The van der Waals surface area contributed by atoms with Crippen LogP contribution in [0.5, 0.6) is 0 Å². The van der Waals surface area contributed by atoms with E-state index in [1.807, 2.05) is 35.8 Å². The minimum atomic E-state index is -0.679. The second kappa shape index (κ2) is 4.47. The minimum absolute atomic E-state index is 0.192. The lowest BCUT2D eigenvalue weighted by atomic mass is 10.2. The fourth-order valence-electron chi connectivity index (χ4n) is 1.71. The smallest absolute Gasteiger partial charge is 0.108 e. The van der Waals surface area contributed by atoms with Crippen LogP contribution in [0, 0.1) is 6.92 Å². The zero-order valence-corrected chi connectivity index (χ0v) is 9.17. The molecule has 1 heterocycles. The van der Waals surface area contributed by atoms with Gasteiger partial charge in [-0.3, -0.25) is 0 Å². The zero-order valence-electron chi connectivity index (χ0n) is 9.17. The maximum absolute atomic E-state index is 9.77. The number of rotatable bonds is 3. The largest absolute Gasteiger partial charge is 0.385 e. The monoisotopic (exact) mass is 217 g/mol. The molecular formula is C12H15N3O. The maximum atomic E-state index is 9.77. The molecule has 2 rings (SSSR count). The molecule has 0 aliphatic heterocycles. The standard InChI is InChI=1S/C12H15N3O/c1-9-4-2-3-5-10(9)15-8-14-7-11(15)12(16)6-13/h2-5,7-8,12,16H,6,13H2,1H3. The van der Waals surface area contributed by atoms with Crippen LogP contribution in [0.15, 0.2) is 36.8 Å². The third-order valence-electron chi connectivity index (χ3n) is 2.61. The molecule has 1 aromatic heterocycles. The first kappa shape index (κ1) is 10.9. The Morgan fingerprint density at radius 3 is 2.88 bits per heavy atom. The number of nitrogens with zero attached hydrogens (tertiary/aromatic N) is 2. The summed E-state index contributed by atoms with van der Waals surface area (Å²) in [6.45, 7) is 2.21. The molecule has 0 aliphatic rings. The Morgan fingerprint density at radius 2 is 2.19 bits per heavy atom. The molecule has 3 N–H and O–H groups in total. The molecule has 1 atom stereocenters. The average Bonchev–Trinajstić information content (AvgIpc) is 2.77. The van der Waals surface area contributed by atoms with Crippen LogP contribution in [0.25, 0.3) is 5.69 Å². The molecule has 0 fully saturated rings. The van der Waals surface area contributed by atoms with Crippen LogP contribution in [0.1, 0.15) is 17.4 Å². The predicted octanol–water partition coefficient (Wildman–Crippen LogP) is 1.17. The lowest BCUT2D eigenvalue weighted by Crippen LogP contribution is -2.15. The van der Waals surface area contributed by atoms with E-state index in [-0.39, 0.29) is 6.54 Å². The van der Waals surface area contributed by atoms with E-state index in [1.54, 1.807) is 12.5 Å². The molecule has 1 aromatic carbocycles. The number of aromatic nitrogens is 2. The first-order valence-electron chi connectivity index (χ1n) is 5.20. The SMILES string of the molecule is Cc1ccccc1-n1cncc1C(O)CN. The van der Waals surface area contributed by atoms with Crippen LogP contribution >= 0.6 is 0 Å². The molecule has 16 heavy (non-hydrogen) atoms. The number of hydrogen-bond acceptors (Lipinski definition) is 3. The Morgan fingerprint density at radius 1 is 1.44 bits per heavy atom. The number of imidazole rings is 1. The summed E-state index contributed by atoms with van der Waals surface area (Å²) in [5.41, 5.74) is 8.32. The summed E-state index contributed by atoms with van der Waals surface area (Å²) in [6, 6.07) is 7.95. The lowest BCUT2D eigenvalue weighted by Gasteiger charge is -2.13. The minimum Gasteiger partial charge on any atom is -0.385 e. The van der Waals surface area contributed by atoms with Gasteiger partial charge >= 0.3 is 0 Å². The van der Waals surface area contributed by atoms with Crippen molar-refractivity contribution in [2.45, 2.75) is 13.0 Å². The van der Waals surface area contributed by atoms with Crippen molar-refractivity contribution >= 4 is 0 Å². The van der Waals surface area contributed by atoms with Gasteiger partial charge in [-0.05, 0) is 18.6 Å². The fraction of sp³-hybridized carbons (Fsp3) is 0.250. The quantitative estimate of drug-likeness (QED) is 0.811. The highest BCUT2D eigenvalue weighted by Crippen LogP contribution is 2.19. The topological polar surface area (TPSA) is 64.1 Å². The van der Waals surface area contributed by atoms with E-state index < -0.39 is 6.10 Å². The molecule has 4 heteroatoms. The number of para-hydroxylation sites is 1. The van der Waals surface area contributed by atoms with Crippen LogP contribution < -0.4 is 5.73 Å². The van der Waals surface area contributed by atoms with Crippen molar-refractivity contribution in [2.24, 2.45) is 5.73 Å². The van der Waals surface area contributed by atoms with E-state index in [0.717, 1.165) is 16.9 Å². The van der Waals surface area contributed by atoms with E-state index in [4.69, 9.17) is 5.73 Å². The van der Waals surface area contributed by atoms with Gasteiger partial charge in [0.25, 0.3) is 0 Å². The second-order valence-electron chi connectivity index (χ2n) is 3.73. The molecule has 2 aromatic rings. The molecule has 84 valence electrons. The van der Waals surface area contributed by atoms with Gasteiger partial charge in [0.2, 0.25) is 0 Å².